The van der Waals surface area contributed by atoms with Crippen LogP contribution in [-0.2, 0) is 9.84 Å². The maximum Gasteiger partial charge on any atom is 0.258 e. The minimum atomic E-state index is -3.28. The van der Waals surface area contributed by atoms with Gasteiger partial charge in [0.05, 0.1) is 4.90 Å². The van der Waals surface area contributed by atoms with Crippen molar-refractivity contribution in [3.05, 3.63) is 70.9 Å². The molecule has 9 heteroatoms. The van der Waals surface area contributed by atoms with Gasteiger partial charge in [-0.3, -0.25) is 9.36 Å². The maximum absolute atomic E-state index is 12.7. The topological polar surface area (TPSA) is 94.4 Å². The van der Waals surface area contributed by atoms with Crippen LogP contribution in [0, 0.1) is 0 Å². The van der Waals surface area contributed by atoms with Crippen molar-refractivity contribution in [1.29, 1.82) is 0 Å². The van der Waals surface area contributed by atoms with Gasteiger partial charge < -0.3 is 9.64 Å². The fourth-order valence-corrected chi connectivity index (χ4v) is 5.56. The summed E-state index contributed by atoms with van der Waals surface area (Å²) in [6, 6.07) is 9.49. The minimum Gasteiger partial charge on any atom is -0.490 e. The van der Waals surface area contributed by atoms with Crippen LogP contribution in [0.1, 0.15) is 50.0 Å². The quantitative estimate of drug-likeness (QED) is 0.515. The fraction of sp³-hybridized carbons (Fsp3) is 0.423. The normalized spacial score (nSPS) is 17.6. The Morgan fingerprint density at radius 2 is 1.60 bits per heavy atom. The molecule has 0 bridgehead atoms. The molecule has 0 radical (unpaired) electrons. The Morgan fingerprint density at radius 3 is 2.20 bits per heavy atom. The van der Waals surface area contributed by atoms with E-state index in [0.717, 1.165) is 38.1 Å². The number of nitrogens with zero attached hydrogens (tertiary/aromatic N) is 4. The monoisotopic (exact) mass is 494 g/mol. The highest BCUT2D eigenvalue weighted by Gasteiger charge is 2.23. The van der Waals surface area contributed by atoms with E-state index >= 15 is 0 Å². The van der Waals surface area contributed by atoms with Crippen molar-refractivity contribution in [2.45, 2.75) is 55.4 Å². The molecule has 0 spiro atoms. The summed E-state index contributed by atoms with van der Waals surface area (Å²) in [5, 5.41) is 0. The third kappa shape index (κ3) is 5.40. The van der Waals surface area contributed by atoms with Crippen LogP contribution >= 0.6 is 0 Å². The number of anilines is 1. The lowest BCUT2D eigenvalue weighted by atomic mass is 10.0. The number of hydrogen-bond acceptors (Lipinski definition) is 7. The van der Waals surface area contributed by atoms with Crippen molar-refractivity contribution in [3.8, 4) is 11.4 Å². The number of pyridine rings is 1. The molecule has 2 fully saturated rings. The van der Waals surface area contributed by atoms with E-state index in [1.807, 2.05) is 12.4 Å². The Hall–Kier alpha value is -3.20. The first kappa shape index (κ1) is 23.5. The molecule has 8 nitrogen and oxygen atoms in total. The highest BCUT2D eigenvalue weighted by Crippen LogP contribution is 2.33. The second-order valence-electron chi connectivity index (χ2n) is 9.44. The van der Waals surface area contributed by atoms with Crippen molar-refractivity contribution in [1.82, 2.24) is 14.5 Å². The average Bonchev–Trinajstić information content (AvgIpc) is 3.40. The Labute approximate surface area is 205 Å². The molecule has 5 rings (SSSR count). The van der Waals surface area contributed by atoms with Crippen molar-refractivity contribution in [2.24, 2.45) is 0 Å². The molecule has 1 saturated heterocycles. The molecule has 184 valence electrons. The lowest BCUT2D eigenvalue weighted by Gasteiger charge is -2.32. The third-order valence-corrected chi connectivity index (χ3v) is 8.07. The highest BCUT2D eigenvalue weighted by molar-refractivity contribution is 7.90. The highest BCUT2D eigenvalue weighted by atomic mass is 32.2. The molecular formula is C26H30N4O4S. The van der Waals surface area contributed by atoms with Crippen molar-refractivity contribution in [2.75, 3.05) is 24.2 Å². The van der Waals surface area contributed by atoms with E-state index in [-0.39, 0.29) is 16.6 Å². The molecule has 1 aliphatic carbocycles. The standard InChI is InChI=1S/C26H30N4O4S/c1-35(32,33)24-8-6-21(7-9-24)30-15-12-23(16-25(30)31)34-22-10-13-29(14-11-22)26-27-17-20(18-28-26)19-4-2-3-5-19/h6-9,12,15-19,22H,2-5,10-11,13-14H2,1H3. The van der Waals surface area contributed by atoms with Gasteiger partial charge in [0.25, 0.3) is 5.56 Å². The number of hydrogen-bond donors (Lipinski definition) is 0. The van der Waals surface area contributed by atoms with Crippen LogP contribution in [0.25, 0.3) is 5.69 Å². The van der Waals surface area contributed by atoms with Crippen LogP contribution in [0.15, 0.2) is 64.7 Å². The summed E-state index contributed by atoms with van der Waals surface area (Å²) in [6.45, 7) is 1.61. The van der Waals surface area contributed by atoms with Gasteiger partial charge in [-0.05, 0) is 54.7 Å². The predicted molar refractivity (Wildman–Crippen MR) is 134 cm³/mol. The molecule has 0 atom stereocenters. The minimum absolute atomic E-state index is 0.0216. The first-order chi connectivity index (χ1) is 16.9. The first-order valence-corrected chi connectivity index (χ1v) is 14.0. The molecule has 2 aliphatic rings. The zero-order valence-corrected chi connectivity index (χ0v) is 20.7. The summed E-state index contributed by atoms with van der Waals surface area (Å²) in [6.07, 6.45) is 13.5. The van der Waals surface area contributed by atoms with E-state index < -0.39 is 9.84 Å². The zero-order valence-electron chi connectivity index (χ0n) is 19.8. The molecule has 0 N–H and O–H groups in total. The van der Waals surface area contributed by atoms with Crippen molar-refractivity contribution >= 4 is 15.8 Å². The van der Waals surface area contributed by atoms with Crippen LogP contribution < -0.4 is 15.2 Å². The summed E-state index contributed by atoms with van der Waals surface area (Å²) in [5.41, 5.74) is 1.62. The van der Waals surface area contributed by atoms with E-state index in [4.69, 9.17) is 4.74 Å². The summed E-state index contributed by atoms with van der Waals surface area (Å²) in [7, 11) is -3.28. The second kappa shape index (κ2) is 9.81. The van der Waals surface area contributed by atoms with Crippen LogP contribution in [0.3, 0.4) is 0 Å². The third-order valence-electron chi connectivity index (χ3n) is 6.95. The summed E-state index contributed by atoms with van der Waals surface area (Å²) < 4.78 is 30.9. The van der Waals surface area contributed by atoms with E-state index in [0.29, 0.717) is 17.4 Å². The second-order valence-corrected chi connectivity index (χ2v) is 11.5. The number of piperidine rings is 1. The van der Waals surface area contributed by atoms with Gasteiger partial charge in [0.15, 0.2) is 9.84 Å². The smallest absolute Gasteiger partial charge is 0.258 e. The van der Waals surface area contributed by atoms with E-state index in [1.165, 1.54) is 54.0 Å². The van der Waals surface area contributed by atoms with Crippen LogP contribution in [0.2, 0.25) is 0 Å². The number of rotatable bonds is 6. The van der Waals surface area contributed by atoms with Crippen molar-refractivity contribution < 1.29 is 13.2 Å². The molecular weight excluding hydrogens is 464 g/mol. The fourth-order valence-electron chi connectivity index (χ4n) is 4.93. The van der Waals surface area contributed by atoms with Gasteiger partial charge in [-0.1, -0.05) is 12.8 Å². The predicted octanol–water partition coefficient (Wildman–Crippen LogP) is 3.74. The molecule has 1 aromatic carbocycles. The molecule has 3 heterocycles. The summed E-state index contributed by atoms with van der Waals surface area (Å²) in [4.78, 5) is 24.3. The van der Waals surface area contributed by atoms with Gasteiger partial charge in [0, 0.05) is 62.5 Å². The molecule has 0 unspecified atom stereocenters. The SMILES string of the molecule is CS(=O)(=O)c1ccc(-n2ccc(OC3CCN(c4ncc(C5CCCC5)cn4)CC3)cc2=O)cc1. The largest absolute Gasteiger partial charge is 0.490 e. The van der Waals surface area contributed by atoms with Crippen LogP contribution in [0.4, 0.5) is 5.95 Å². The van der Waals surface area contributed by atoms with E-state index in [2.05, 4.69) is 14.9 Å². The lowest BCUT2D eigenvalue weighted by Crippen LogP contribution is -2.39. The summed E-state index contributed by atoms with van der Waals surface area (Å²) >= 11 is 0. The maximum atomic E-state index is 12.7. The Balaban J connectivity index is 1.18. The number of sulfone groups is 1. The molecule has 2 aromatic heterocycles. The summed E-state index contributed by atoms with van der Waals surface area (Å²) in [5.74, 6) is 1.93. The van der Waals surface area contributed by atoms with E-state index in [9.17, 15) is 13.2 Å². The number of benzene rings is 1. The molecule has 0 amide bonds. The molecule has 35 heavy (non-hydrogen) atoms. The Kier molecular flexibility index (Phi) is 6.60. The van der Waals surface area contributed by atoms with Gasteiger partial charge in [-0.25, -0.2) is 18.4 Å². The van der Waals surface area contributed by atoms with Gasteiger partial charge in [0.2, 0.25) is 5.95 Å². The Bertz CT molecular complexity index is 1320. The van der Waals surface area contributed by atoms with Crippen molar-refractivity contribution in [3.63, 3.8) is 0 Å². The molecule has 1 saturated carbocycles. The van der Waals surface area contributed by atoms with Gasteiger partial charge in [-0.15, -0.1) is 0 Å². The number of ether oxygens (including phenoxy) is 1. The van der Waals surface area contributed by atoms with E-state index in [1.54, 1.807) is 24.4 Å². The molecule has 1 aliphatic heterocycles. The van der Waals surface area contributed by atoms with Gasteiger partial charge >= 0.3 is 0 Å². The zero-order chi connectivity index (χ0) is 24.4. The first-order valence-electron chi connectivity index (χ1n) is 12.1. The number of aromatic nitrogens is 3. The molecule has 3 aromatic rings. The van der Waals surface area contributed by atoms with Gasteiger partial charge in [0.1, 0.15) is 11.9 Å². The van der Waals surface area contributed by atoms with Crippen LogP contribution in [-0.4, -0.2) is 48.4 Å². The average molecular weight is 495 g/mol. The van der Waals surface area contributed by atoms with Crippen LogP contribution in [0.5, 0.6) is 5.75 Å². The Morgan fingerprint density at radius 1 is 0.943 bits per heavy atom. The van der Waals surface area contributed by atoms with Gasteiger partial charge in [-0.2, -0.15) is 0 Å². The lowest BCUT2D eigenvalue weighted by molar-refractivity contribution is 0.170.